The number of unbranched alkanes of at least 4 members (excludes halogenated alkanes) is 1. The van der Waals surface area contributed by atoms with E-state index < -0.39 is 12.0 Å². The molecule has 0 saturated heterocycles. The van der Waals surface area contributed by atoms with Gasteiger partial charge in [-0.3, -0.25) is 4.79 Å². The molecular weight excluding hydrogens is 230 g/mol. The first-order chi connectivity index (χ1) is 8.65. The first kappa shape index (κ1) is 14.2. The largest absolute Gasteiger partial charge is 0.464 e. The highest BCUT2D eigenvalue weighted by molar-refractivity contribution is 5.96. The van der Waals surface area contributed by atoms with Crippen LogP contribution < -0.4 is 5.32 Å². The van der Waals surface area contributed by atoms with Crippen molar-refractivity contribution < 1.29 is 14.3 Å². The Kier molecular flexibility index (Phi) is 5.91. The molecule has 4 nitrogen and oxygen atoms in total. The number of benzene rings is 1. The van der Waals surface area contributed by atoms with Gasteiger partial charge >= 0.3 is 5.97 Å². The Bertz CT molecular complexity index is 389. The lowest BCUT2D eigenvalue weighted by Crippen LogP contribution is -2.39. The first-order valence-electron chi connectivity index (χ1n) is 6.17. The van der Waals surface area contributed by atoms with E-state index in [0.717, 1.165) is 12.8 Å². The quantitative estimate of drug-likeness (QED) is 0.621. The van der Waals surface area contributed by atoms with E-state index in [1.165, 1.54) is 0 Å². The van der Waals surface area contributed by atoms with Gasteiger partial charge in [-0.05, 0) is 25.5 Å². The lowest BCUT2D eigenvalue weighted by Gasteiger charge is -2.13. The van der Waals surface area contributed by atoms with Crippen molar-refractivity contribution in [2.24, 2.45) is 0 Å². The van der Waals surface area contributed by atoms with Crippen LogP contribution in [0.1, 0.15) is 37.0 Å². The average Bonchev–Trinajstić information content (AvgIpc) is 2.39. The van der Waals surface area contributed by atoms with Gasteiger partial charge in [0.1, 0.15) is 6.04 Å². The molecule has 0 aliphatic carbocycles. The lowest BCUT2D eigenvalue weighted by molar-refractivity contribution is -0.145. The predicted octanol–water partition coefficient (Wildman–Crippen LogP) is 2.15. The molecule has 0 radical (unpaired) electrons. The van der Waals surface area contributed by atoms with Crippen molar-refractivity contribution in [3.63, 3.8) is 0 Å². The number of hydrogen-bond acceptors (Lipinski definition) is 3. The van der Waals surface area contributed by atoms with Crippen LogP contribution in [0.2, 0.25) is 0 Å². The third-order valence-electron chi connectivity index (χ3n) is 2.48. The Morgan fingerprint density at radius 2 is 1.94 bits per heavy atom. The van der Waals surface area contributed by atoms with E-state index in [4.69, 9.17) is 4.74 Å². The van der Waals surface area contributed by atoms with Gasteiger partial charge in [-0.25, -0.2) is 4.79 Å². The van der Waals surface area contributed by atoms with E-state index in [1.54, 1.807) is 31.2 Å². The average molecular weight is 249 g/mol. The highest BCUT2D eigenvalue weighted by atomic mass is 16.5. The molecule has 0 aliphatic rings. The van der Waals surface area contributed by atoms with E-state index in [0.29, 0.717) is 12.2 Å². The second-order valence-electron chi connectivity index (χ2n) is 4.08. The molecule has 0 aliphatic heterocycles. The van der Waals surface area contributed by atoms with Gasteiger partial charge in [0.05, 0.1) is 6.61 Å². The van der Waals surface area contributed by atoms with Crippen molar-refractivity contribution in [3.8, 4) is 0 Å². The predicted molar refractivity (Wildman–Crippen MR) is 69.2 cm³/mol. The summed E-state index contributed by atoms with van der Waals surface area (Å²) in [6.45, 7) is 4.05. The number of carbonyl (C=O) groups is 2. The van der Waals surface area contributed by atoms with Crippen LogP contribution >= 0.6 is 0 Å². The highest BCUT2D eigenvalue weighted by Crippen LogP contribution is 2.00. The normalized spacial score (nSPS) is 11.7. The Labute approximate surface area is 107 Å². The SMILES string of the molecule is CCCCOC(=O)[C@H](C)NC(=O)c1ccccc1. The van der Waals surface area contributed by atoms with Crippen LogP contribution in [0.5, 0.6) is 0 Å². The molecule has 0 aromatic heterocycles. The van der Waals surface area contributed by atoms with Gasteiger partial charge in [-0.15, -0.1) is 0 Å². The third kappa shape index (κ3) is 4.57. The third-order valence-corrected chi connectivity index (χ3v) is 2.48. The molecule has 1 atom stereocenters. The van der Waals surface area contributed by atoms with Crippen molar-refractivity contribution in [1.29, 1.82) is 0 Å². The zero-order valence-corrected chi connectivity index (χ0v) is 10.8. The molecule has 0 saturated carbocycles. The Balaban J connectivity index is 2.42. The summed E-state index contributed by atoms with van der Waals surface area (Å²) < 4.78 is 5.03. The standard InChI is InChI=1S/C14H19NO3/c1-3-4-10-18-14(17)11(2)15-13(16)12-8-6-5-7-9-12/h5-9,11H,3-4,10H2,1-2H3,(H,15,16)/t11-/m0/s1. The molecular formula is C14H19NO3. The fraction of sp³-hybridized carbons (Fsp3) is 0.429. The number of nitrogens with one attached hydrogen (secondary N) is 1. The number of rotatable bonds is 6. The van der Waals surface area contributed by atoms with Crippen LogP contribution in [-0.2, 0) is 9.53 Å². The highest BCUT2D eigenvalue weighted by Gasteiger charge is 2.17. The van der Waals surface area contributed by atoms with E-state index >= 15 is 0 Å². The second kappa shape index (κ2) is 7.48. The minimum Gasteiger partial charge on any atom is -0.464 e. The summed E-state index contributed by atoms with van der Waals surface area (Å²) in [6, 6.07) is 8.15. The van der Waals surface area contributed by atoms with Crippen LogP contribution in [0.25, 0.3) is 0 Å². The van der Waals surface area contributed by atoms with Crippen LogP contribution in [0.4, 0.5) is 0 Å². The maximum absolute atomic E-state index is 11.8. The monoisotopic (exact) mass is 249 g/mol. The fourth-order valence-corrected chi connectivity index (χ4v) is 1.37. The van der Waals surface area contributed by atoms with E-state index in [2.05, 4.69) is 5.32 Å². The molecule has 1 aromatic rings. The minimum atomic E-state index is -0.630. The number of ether oxygens (including phenoxy) is 1. The minimum absolute atomic E-state index is 0.268. The molecule has 1 N–H and O–H groups in total. The summed E-state index contributed by atoms with van der Waals surface area (Å²) in [5, 5.41) is 2.61. The number of carbonyl (C=O) groups excluding carboxylic acids is 2. The van der Waals surface area contributed by atoms with Crippen molar-refractivity contribution in [1.82, 2.24) is 5.32 Å². The maximum Gasteiger partial charge on any atom is 0.328 e. The molecule has 1 aromatic carbocycles. The summed E-state index contributed by atoms with van der Waals surface area (Å²) >= 11 is 0. The van der Waals surface area contributed by atoms with Crippen LogP contribution in [0.15, 0.2) is 30.3 Å². The molecule has 0 bridgehead atoms. The summed E-state index contributed by atoms with van der Waals surface area (Å²) in [7, 11) is 0. The summed E-state index contributed by atoms with van der Waals surface area (Å²) in [4.78, 5) is 23.3. The molecule has 18 heavy (non-hydrogen) atoms. The van der Waals surface area contributed by atoms with Gasteiger partial charge in [-0.1, -0.05) is 31.5 Å². The van der Waals surface area contributed by atoms with Gasteiger partial charge in [0.15, 0.2) is 0 Å². The molecule has 1 rings (SSSR count). The van der Waals surface area contributed by atoms with E-state index in [1.807, 2.05) is 13.0 Å². The number of amides is 1. The lowest BCUT2D eigenvalue weighted by atomic mass is 10.2. The summed E-state index contributed by atoms with van der Waals surface area (Å²) in [6.07, 6.45) is 1.81. The molecule has 0 unspecified atom stereocenters. The first-order valence-corrected chi connectivity index (χ1v) is 6.17. The van der Waals surface area contributed by atoms with Crippen molar-refractivity contribution >= 4 is 11.9 Å². The van der Waals surface area contributed by atoms with Crippen molar-refractivity contribution in [2.45, 2.75) is 32.7 Å². The van der Waals surface area contributed by atoms with E-state index in [9.17, 15) is 9.59 Å². The molecule has 0 heterocycles. The topological polar surface area (TPSA) is 55.4 Å². The number of hydrogen-bond donors (Lipinski definition) is 1. The van der Waals surface area contributed by atoms with Gasteiger partial charge in [-0.2, -0.15) is 0 Å². The Hall–Kier alpha value is -1.84. The van der Waals surface area contributed by atoms with Crippen molar-refractivity contribution in [3.05, 3.63) is 35.9 Å². The maximum atomic E-state index is 11.8. The summed E-state index contributed by atoms with van der Waals surface area (Å²) in [5.74, 6) is -0.664. The second-order valence-corrected chi connectivity index (χ2v) is 4.08. The molecule has 0 spiro atoms. The van der Waals surface area contributed by atoms with Crippen LogP contribution in [0, 0.1) is 0 Å². The smallest absolute Gasteiger partial charge is 0.328 e. The van der Waals surface area contributed by atoms with Crippen LogP contribution in [0.3, 0.4) is 0 Å². The zero-order chi connectivity index (χ0) is 13.4. The van der Waals surface area contributed by atoms with Gasteiger partial charge in [0, 0.05) is 5.56 Å². The fourth-order valence-electron chi connectivity index (χ4n) is 1.37. The molecule has 1 amide bonds. The molecule has 98 valence electrons. The Morgan fingerprint density at radius 3 is 2.56 bits per heavy atom. The van der Waals surface area contributed by atoms with Crippen LogP contribution in [-0.4, -0.2) is 24.5 Å². The van der Waals surface area contributed by atoms with Gasteiger partial charge in [0.2, 0.25) is 0 Å². The Morgan fingerprint density at radius 1 is 1.28 bits per heavy atom. The van der Waals surface area contributed by atoms with Gasteiger partial charge in [0.25, 0.3) is 5.91 Å². The van der Waals surface area contributed by atoms with E-state index in [-0.39, 0.29) is 5.91 Å². The molecule has 0 fully saturated rings. The summed E-state index contributed by atoms with van der Waals surface area (Å²) in [5.41, 5.74) is 0.533. The number of esters is 1. The molecule has 4 heteroatoms. The van der Waals surface area contributed by atoms with Gasteiger partial charge < -0.3 is 10.1 Å². The zero-order valence-electron chi connectivity index (χ0n) is 10.8. The van der Waals surface area contributed by atoms with Crippen molar-refractivity contribution in [2.75, 3.05) is 6.61 Å².